The van der Waals surface area contributed by atoms with E-state index in [0.717, 1.165) is 30.0 Å². The van der Waals surface area contributed by atoms with E-state index >= 15 is 0 Å². The van der Waals surface area contributed by atoms with E-state index in [1.165, 1.54) is 0 Å². The fourth-order valence-corrected chi connectivity index (χ4v) is 3.12. The molecule has 6 nitrogen and oxygen atoms in total. The van der Waals surface area contributed by atoms with Crippen molar-refractivity contribution in [2.24, 2.45) is 5.92 Å². The van der Waals surface area contributed by atoms with E-state index in [4.69, 9.17) is 0 Å². The van der Waals surface area contributed by atoms with Crippen molar-refractivity contribution in [2.45, 2.75) is 18.9 Å². The molecule has 1 unspecified atom stereocenters. The minimum Gasteiger partial charge on any atom is -0.345 e. The molecule has 118 valence electrons. The number of nitrogens with zero attached hydrogens (tertiary/aromatic N) is 4. The van der Waals surface area contributed by atoms with Crippen LogP contribution in [0.2, 0.25) is 0 Å². The molecule has 1 aromatic carbocycles. The summed E-state index contributed by atoms with van der Waals surface area (Å²) >= 11 is 0. The summed E-state index contributed by atoms with van der Waals surface area (Å²) in [5.41, 5.74) is 1.70. The SMILES string of the molecule is CN1C(=O)C(C2CC2)N(C)c2nc(Nc3ccccc3)ncc21. The van der Waals surface area contributed by atoms with E-state index in [1.807, 2.05) is 42.3 Å². The van der Waals surface area contributed by atoms with Crippen LogP contribution >= 0.6 is 0 Å². The van der Waals surface area contributed by atoms with Crippen LogP contribution in [-0.2, 0) is 4.79 Å². The lowest BCUT2D eigenvalue weighted by molar-refractivity contribution is -0.120. The van der Waals surface area contributed by atoms with Gasteiger partial charge in [-0.1, -0.05) is 18.2 Å². The number of hydrogen-bond acceptors (Lipinski definition) is 5. The van der Waals surface area contributed by atoms with Crippen LogP contribution in [-0.4, -0.2) is 36.0 Å². The maximum Gasteiger partial charge on any atom is 0.249 e. The average molecular weight is 309 g/mol. The van der Waals surface area contributed by atoms with Crippen LogP contribution in [0, 0.1) is 5.92 Å². The second-order valence-electron chi connectivity index (χ2n) is 6.18. The molecule has 2 aliphatic rings. The Balaban J connectivity index is 1.69. The first-order chi connectivity index (χ1) is 11.1. The lowest BCUT2D eigenvalue weighted by atomic mass is 10.1. The maximum atomic E-state index is 12.6. The van der Waals surface area contributed by atoms with Gasteiger partial charge in [0.05, 0.1) is 6.20 Å². The van der Waals surface area contributed by atoms with Crippen molar-refractivity contribution in [1.29, 1.82) is 0 Å². The predicted octanol–water partition coefficient (Wildman–Crippen LogP) is 2.41. The number of nitrogens with one attached hydrogen (secondary N) is 1. The summed E-state index contributed by atoms with van der Waals surface area (Å²) in [4.78, 5) is 25.3. The van der Waals surface area contributed by atoms with Gasteiger partial charge in [0.25, 0.3) is 0 Å². The van der Waals surface area contributed by atoms with Gasteiger partial charge in [0.1, 0.15) is 11.7 Å². The summed E-state index contributed by atoms with van der Waals surface area (Å²) in [7, 11) is 3.75. The first kappa shape index (κ1) is 14.0. The zero-order valence-electron chi connectivity index (χ0n) is 13.2. The summed E-state index contributed by atoms with van der Waals surface area (Å²) < 4.78 is 0. The molecule has 6 heteroatoms. The van der Waals surface area contributed by atoms with Crippen molar-refractivity contribution in [3.63, 3.8) is 0 Å². The second kappa shape index (κ2) is 5.22. The molecule has 2 heterocycles. The zero-order chi connectivity index (χ0) is 16.0. The summed E-state index contributed by atoms with van der Waals surface area (Å²) in [5.74, 6) is 1.93. The van der Waals surface area contributed by atoms with Crippen LogP contribution in [0.3, 0.4) is 0 Å². The van der Waals surface area contributed by atoms with Crippen LogP contribution in [0.4, 0.5) is 23.1 Å². The molecule has 2 aromatic rings. The van der Waals surface area contributed by atoms with Gasteiger partial charge in [0, 0.05) is 19.8 Å². The van der Waals surface area contributed by atoms with Crippen LogP contribution < -0.4 is 15.1 Å². The standard InChI is InChI=1S/C17H19N5O/c1-21-13-10-18-17(19-12-6-4-3-5-7-12)20-15(13)22(2)14(16(21)23)11-8-9-11/h3-7,10-11,14H,8-9H2,1-2H3,(H,18,19,20). The topological polar surface area (TPSA) is 61.4 Å². The summed E-state index contributed by atoms with van der Waals surface area (Å²) in [6, 6.07) is 9.72. The van der Waals surface area contributed by atoms with Gasteiger partial charge in [-0.15, -0.1) is 0 Å². The van der Waals surface area contributed by atoms with Gasteiger partial charge in [0.15, 0.2) is 5.82 Å². The lowest BCUT2D eigenvalue weighted by Crippen LogP contribution is -2.52. The van der Waals surface area contributed by atoms with E-state index in [2.05, 4.69) is 15.3 Å². The highest BCUT2D eigenvalue weighted by Crippen LogP contribution is 2.42. The minimum absolute atomic E-state index is 0.105. The molecule has 1 aliphatic heterocycles. The Hall–Kier alpha value is -2.63. The van der Waals surface area contributed by atoms with Gasteiger partial charge >= 0.3 is 0 Å². The molecule has 0 radical (unpaired) electrons. The number of anilines is 4. The van der Waals surface area contributed by atoms with Crippen molar-refractivity contribution in [3.8, 4) is 0 Å². The van der Waals surface area contributed by atoms with Crippen LogP contribution in [0.25, 0.3) is 0 Å². The molecule has 0 bridgehead atoms. The normalized spacial score (nSPS) is 20.4. The van der Waals surface area contributed by atoms with Gasteiger partial charge in [-0.05, 0) is 30.9 Å². The van der Waals surface area contributed by atoms with Crippen molar-refractivity contribution in [2.75, 3.05) is 29.2 Å². The number of fused-ring (bicyclic) bond motifs is 1. The molecule has 1 saturated carbocycles. The monoisotopic (exact) mass is 309 g/mol. The summed E-state index contributed by atoms with van der Waals surface area (Å²) in [6.07, 6.45) is 3.94. The van der Waals surface area contributed by atoms with E-state index < -0.39 is 0 Å². The summed E-state index contributed by atoms with van der Waals surface area (Å²) in [6.45, 7) is 0. The molecular formula is C17H19N5O. The van der Waals surface area contributed by atoms with Gasteiger partial charge in [-0.25, -0.2) is 4.98 Å². The Kier molecular flexibility index (Phi) is 3.18. The number of hydrogen-bond donors (Lipinski definition) is 1. The molecule has 1 fully saturated rings. The molecule has 4 rings (SSSR count). The Labute approximate surface area is 135 Å². The highest BCUT2D eigenvalue weighted by Gasteiger charge is 2.45. The van der Waals surface area contributed by atoms with Gasteiger partial charge in [0.2, 0.25) is 11.9 Å². The molecule has 0 spiro atoms. The molecule has 1 amide bonds. The number of para-hydroxylation sites is 1. The van der Waals surface area contributed by atoms with Crippen molar-refractivity contribution >= 4 is 29.0 Å². The highest BCUT2D eigenvalue weighted by atomic mass is 16.2. The molecule has 1 aliphatic carbocycles. The minimum atomic E-state index is -0.105. The number of likely N-dealkylation sites (N-methyl/N-ethyl adjacent to an activating group) is 2. The predicted molar refractivity (Wildman–Crippen MR) is 90.1 cm³/mol. The molecule has 1 aromatic heterocycles. The Morgan fingerprint density at radius 2 is 1.91 bits per heavy atom. The fraction of sp³-hybridized carbons (Fsp3) is 0.353. The maximum absolute atomic E-state index is 12.6. The first-order valence-electron chi connectivity index (χ1n) is 7.84. The second-order valence-corrected chi connectivity index (χ2v) is 6.18. The zero-order valence-corrected chi connectivity index (χ0v) is 13.2. The van der Waals surface area contributed by atoms with Gasteiger partial charge < -0.3 is 15.1 Å². The van der Waals surface area contributed by atoms with E-state index in [9.17, 15) is 4.79 Å². The molecule has 0 saturated heterocycles. The van der Waals surface area contributed by atoms with Crippen molar-refractivity contribution < 1.29 is 4.79 Å². The van der Waals surface area contributed by atoms with E-state index in [0.29, 0.717) is 11.9 Å². The number of aromatic nitrogens is 2. The van der Waals surface area contributed by atoms with Crippen LogP contribution in [0.5, 0.6) is 0 Å². The van der Waals surface area contributed by atoms with E-state index in [-0.39, 0.29) is 11.9 Å². The van der Waals surface area contributed by atoms with Crippen molar-refractivity contribution in [1.82, 2.24) is 9.97 Å². The quantitative estimate of drug-likeness (QED) is 0.943. The van der Waals surface area contributed by atoms with Gasteiger partial charge in [-0.2, -0.15) is 4.98 Å². The fourth-order valence-electron chi connectivity index (χ4n) is 3.12. The number of amides is 1. The molecule has 1 atom stereocenters. The first-order valence-corrected chi connectivity index (χ1v) is 7.84. The molecular weight excluding hydrogens is 290 g/mol. The largest absolute Gasteiger partial charge is 0.345 e. The Bertz CT molecular complexity index is 744. The lowest BCUT2D eigenvalue weighted by Gasteiger charge is -2.38. The van der Waals surface area contributed by atoms with E-state index in [1.54, 1.807) is 18.1 Å². The third-order valence-corrected chi connectivity index (χ3v) is 4.54. The third kappa shape index (κ3) is 2.40. The third-order valence-electron chi connectivity index (χ3n) is 4.54. The molecule has 1 N–H and O–H groups in total. The highest BCUT2D eigenvalue weighted by molar-refractivity contribution is 6.04. The number of carbonyl (C=O) groups is 1. The van der Waals surface area contributed by atoms with Crippen LogP contribution in [0.1, 0.15) is 12.8 Å². The smallest absolute Gasteiger partial charge is 0.249 e. The number of benzene rings is 1. The summed E-state index contributed by atoms with van der Waals surface area (Å²) in [5, 5.41) is 3.21. The Morgan fingerprint density at radius 1 is 1.17 bits per heavy atom. The van der Waals surface area contributed by atoms with Crippen molar-refractivity contribution in [3.05, 3.63) is 36.5 Å². The number of carbonyl (C=O) groups excluding carboxylic acids is 1. The van der Waals surface area contributed by atoms with Crippen LogP contribution in [0.15, 0.2) is 36.5 Å². The average Bonchev–Trinajstić information content (AvgIpc) is 3.39. The van der Waals surface area contributed by atoms with Gasteiger partial charge in [-0.3, -0.25) is 4.79 Å². The molecule has 23 heavy (non-hydrogen) atoms. The Morgan fingerprint density at radius 3 is 2.61 bits per heavy atom. The number of rotatable bonds is 3.